The lowest BCUT2D eigenvalue weighted by Gasteiger charge is -2.18. The van der Waals surface area contributed by atoms with Crippen LogP contribution in [0.1, 0.15) is 19.3 Å². The molecule has 0 unspecified atom stereocenters. The molecule has 24 heavy (non-hydrogen) atoms. The van der Waals surface area contributed by atoms with Gasteiger partial charge in [0.15, 0.2) is 5.65 Å². The lowest BCUT2D eigenvalue weighted by Crippen LogP contribution is -2.38. The van der Waals surface area contributed by atoms with E-state index in [1.54, 1.807) is 10.7 Å². The molecule has 0 aliphatic carbocycles. The van der Waals surface area contributed by atoms with Gasteiger partial charge in [0.1, 0.15) is 11.9 Å². The van der Waals surface area contributed by atoms with Crippen LogP contribution in [0.5, 0.6) is 0 Å². The highest BCUT2D eigenvalue weighted by molar-refractivity contribution is 5.85. The third-order valence-corrected chi connectivity index (χ3v) is 4.29. The van der Waals surface area contributed by atoms with Gasteiger partial charge in [-0.15, -0.1) is 0 Å². The smallest absolute Gasteiger partial charge is 0.242 e. The van der Waals surface area contributed by atoms with Gasteiger partial charge in [0.2, 0.25) is 5.91 Å². The van der Waals surface area contributed by atoms with Crippen LogP contribution in [0.3, 0.4) is 0 Å². The van der Waals surface area contributed by atoms with Gasteiger partial charge in [-0.05, 0) is 19.3 Å². The summed E-state index contributed by atoms with van der Waals surface area (Å²) in [5.74, 6) is 0.830. The topological polar surface area (TPSA) is 71.3 Å². The first-order valence-corrected chi connectivity index (χ1v) is 8.26. The molecule has 1 atom stereocenters. The molecule has 1 aromatic carbocycles. The predicted octanol–water partition coefficient (Wildman–Crippen LogP) is 2.48. The molecule has 1 aliphatic heterocycles. The Morgan fingerprint density at radius 2 is 2.04 bits per heavy atom. The van der Waals surface area contributed by atoms with Crippen LogP contribution in [0, 0.1) is 0 Å². The number of nitrogens with zero attached hydrogens (tertiary/aromatic N) is 3. The Kier molecular flexibility index (Phi) is 3.86. The van der Waals surface area contributed by atoms with E-state index >= 15 is 0 Å². The summed E-state index contributed by atoms with van der Waals surface area (Å²) in [5, 5.41) is 10.6. The number of carbonyl (C=O) groups is 1. The van der Waals surface area contributed by atoms with E-state index in [1.807, 2.05) is 42.5 Å². The number of amides is 1. The second kappa shape index (κ2) is 6.31. The number of fused-ring (bicyclic) bond motifs is 1. The van der Waals surface area contributed by atoms with Gasteiger partial charge in [0.05, 0.1) is 11.9 Å². The first kappa shape index (κ1) is 14.7. The molecule has 2 aromatic heterocycles. The number of rotatable bonds is 3. The molecule has 2 N–H and O–H groups in total. The lowest BCUT2D eigenvalue weighted by molar-refractivity contribution is -0.121. The van der Waals surface area contributed by atoms with Crippen molar-refractivity contribution in [2.24, 2.45) is 0 Å². The van der Waals surface area contributed by atoms with Crippen LogP contribution < -0.4 is 10.6 Å². The molecule has 1 fully saturated rings. The Morgan fingerprint density at radius 1 is 1.17 bits per heavy atom. The Balaban J connectivity index is 1.73. The molecular formula is C18H19N5O. The molecule has 4 rings (SSSR count). The highest BCUT2D eigenvalue weighted by atomic mass is 16.2. The molecule has 122 valence electrons. The van der Waals surface area contributed by atoms with Crippen LogP contribution in [0.15, 0.2) is 48.7 Å². The second-order valence-corrected chi connectivity index (χ2v) is 5.98. The molecule has 6 heteroatoms. The maximum Gasteiger partial charge on any atom is 0.242 e. The van der Waals surface area contributed by atoms with Crippen LogP contribution >= 0.6 is 0 Å². The quantitative estimate of drug-likeness (QED) is 0.777. The SMILES string of the molecule is O=C1NCCCC[C@@H]1Nc1cc(-c2ccccc2)nc2ccnn12. The average Bonchev–Trinajstić information content (AvgIpc) is 3.01. The summed E-state index contributed by atoms with van der Waals surface area (Å²) in [4.78, 5) is 16.9. The van der Waals surface area contributed by atoms with Crippen molar-refractivity contribution < 1.29 is 4.79 Å². The minimum absolute atomic E-state index is 0.0471. The normalized spacial score (nSPS) is 18.2. The minimum Gasteiger partial charge on any atom is -0.358 e. The van der Waals surface area contributed by atoms with E-state index in [4.69, 9.17) is 0 Å². The molecule has 1 aliphatic rings. The molecule has 0 spiro atoms. The van der Waals surface area contributed by atoms with Crippen LogP contribution in [0.4, 0.5) is 5.82 Å². The first-order chi connectivity index (χ1) is 11.8. The van der Waals surface area contributed by atoms with Crippen molar-refractivity contribution >= 4 is 17.4 Å². The van der Waals surface area contributed by atoms with Gasteiger partial charge in [0.25, 0.3) is 0 Å². The van der Waals surface area contributed by atoms with Crippen molar-refractivity contribution in [2.45, 2.75) is 25.3 Å². The van der Waals surface area contributed by atoms with E-state index in [-0.39, 0.29) is 11.9 Å². The van der Waals surface area contributed by atoms with E-state index in [9.17, 15) is 4.79 Å². The van der Waals surface area contributed by atoms with Gasteiger partial charge < -0.3 is 10.6 Å². The molecule has 6 nitrogen and oxygen atoms in total. The summed E-state index contributed by atoms with van der Waals surface area (Å²) in [5.41, 5.74) is 2.66. The van der Waals surface area contributed by atoms with Crippen LogP contribution in [-0.2, 0) is 4.79 Å². The molecular weight excluding hydrogens is 302 g/mol. The van der Waals surface area contributed by atoms with E-state index < -0.39 is 0 Å². The average molecular weight is 321 g/mol. The first-order valence-electron chi connectivity index (χ1n) is 8.26. The Labute approximate surface area is 139 Å². The molecule has 1 saturated heterocycles. The Bertz CT molecular complexity index is 858. The predicted molar refractivity (Wildman–Crippen MR) is 92.7 cm³/mol. The van der Waals surface area contributed by atoms with Crippen LogP contribution in [-0.4, -0.2) is 33.1 Å². The van der Waals surface area contributed by atoms with E-state index in [2.05, 4.69) is 20.7 Å². The summed E-state index contributed by atoms with van der Waals surface area (Å²) in [6.07, 6.45) is 4.58. The molecule has 0 saturated carbocycles. The van der Waals surface area contributed by atoms with E-state index in [0.29, 0.717) is 0 Å². The maximum atomic E-state index is 12.2. The number of aromatic nitrogens is 3. The van der Waals surface area contributed by atoms with Crippen LogP contribution in [0.2, 0.25) is 0 Å². The fourth-order valence-electron chi connectivity index (χ4n) is 3.03. The number of nitrogens with one attached hydrogen (secondary N) is 2. The standard InChI is InChI=1S/C18H19N5O/c24-18-14(8-4-5-10-19-18)21-17-12-15(13-6-2-1-3-7-13)22-16-9-11-20-23(16)17/h1-3,6-7,9,11-12,14,21H,4-5,8,10H2,(H,19,24)/t14-/m0/s1. The second-order valence-electron chi connectivity index (χ2n) is 5.98. The number of hydrogen-bond donors (Lipinski definition) is 2. The van der Waals surface area contributed by atoms with Crippen molar-refractivity contribution in [3.8, 4) is 11.3 Å². The molecule has 1 amide bonds. The van der Waals surface area contributed by atoms with Crippen LogP contribution in [0.25, 0.3) is 16.9 Å². The van der Waals surface area contributed by atoms with Crippen molar-refractivity contribution in [2.75, 3.05) is 11.9 Å². The lowest BCUT2D eigenvalue weighted by atomic mass is 10.1. The Morgan fingerprint density at radius 3 is 2.92 bits per heavy atom. The number of carbonyl (C=O) groups excluding carboxylic acids is 1. The molecule has 3 heterocycles. The summed E-state index contributed by atoms with van der Waals surface area (Å²) in [6, 6.07) is 13.6. The summed E-state index contributed by atoms with van der Waals surface area (Å²) < 4.78 is 1.74. The van der Waals surface area contributed by atoms with Crippen molar-refractivity contribution in [3.63, 3.8) is 0 Å². The van der Waals surface area contributed by atoms with E-state index in [1.165, 1.54) is 0 Å². The Hall–Kier alpha value is -2.89. The van der Waals surface area contributed by atoms with Gasteiger partial charge in [-0.3, -0.25) is 4.79 Å². The fourth-order valence-corrected chi connectivity index (χ4v) is 3.03. The third kappa shape index (κ3) is 2.82. The van der Waals surface area contributed by atoms with Gasteiger partial charge in [-0.2, -0.15) is 9.61 Å². The molecule has 3 aromatic rings. The van der Waals surface area contributed by atoms with E-state index in [0.717, 1.165) is 48.5 Å². The van der Waals surface area contributed by atoms with Crippen molar-refractivity contribution in [1.82, 2.24) is 19.9 Å². The monoisotopic (exact) mass is 321 g/mol. The third-order valence-electron chi connectivity index (χ3n) is 4.29. The molecule has 0 radical (unpaired) electrons. The number of hydrogen-bond acceptors (Lipinski definition) is 4. The van der Waals surface area contributed by atoms with Gasteiger partial charge >= 0.3 is 0 Å². The maximum absolute atomic E-state index is 12.2. The minimum atomic E-state index is -0.245. The van der Waals surface area contributed by atoms with Gasteiger partial charge in [0, 0.05) is 24.2 Å². The highest BCUT2D eigenvalue weighted by Gasteiger charge is 2.21. The zero-order valence-electron chi connectivity index (χ0n) is 13.3. The largest absolute Gasteiger partial charge is 0.358 e. The zero-order chi connectivity index (χ0) is 16.4. The molecule has 0 bridgehead atoms. The van der Waals surface area contributed by atoms with Crippen molar-refractivity contribution in [1.29, 1.82) is 0 Å². The van der Waals surface area contributed by atoms with Crippen molar-refractivity contribution in [3.05, 3.63) is 48.7 Å². The highest BCUT2D eigenvalue weighted by Crippen LogP contribution is 2.23. The fraction of sp³-hybridized carbons (Fsp3) is 0.278. The number of benzene rings is 1. The van der Waals surface area contributed by atoms with Gasteiger partial charge in [-0.1, -0.05) is 30.3 Å². The summed E-state index contributed by atoms with van der Waals surface area (Å²) >= 11 is 0. The number of anilines is 1. The van der Waals surface area contributed by atoms with Gasteiger partial charge in [-0.25, -0.2) is 4.98 Å². The summed E-state index contributed by atoms with van der Waals surface area (Å²) in [6.45, 7) is 0.750. The zero-order valence-corrected chi connectivity index (χ0v) is 13.3. The summed E-state index contributed by atoms with van der Waals surface area (Å²) in [7, 11) is 0.